The molecule has 34 heavy (non-hydrogen) atoms. The van der Waals surface area contributed by atoms with Crippen LogP contribution in [0.3, 0.4) is 0 Å². The number of carbonyl (C=O) groups is 1. The number of phenolic OH excluding ortho intramolecular Hbond substituents is 1. The third-order valence-corrected chi connectivity index (χ3v) is 7.66. The average Bonchev–Trinajstić information content (AvgIpc) is 2.84. The van der Waals surface area contributed by atoms with Crippen LogP contribution >= 0.6 is 11.8 Å². The smallest absolute Gasteiger partial charge is 0.220 e. The number of unbranched alkanes of at least 4 members (excludes halogenated alkanes) is 15. The fourth-order valence-corrected chi connectivity index (χ4v) is 5.26. The van der Waals surface area contributed by atoms with Gasteiger partial charge >= 0.3 is 0 Å². The molecule has 0 heterocycles. The molecular weight excluding hydrogens is 438 g/mol. The van der Waals surface area contributed by atoms with Gasteiger partial charge in [0.1, 0.15) is 5.75 Å². The van der Waals surface area contributed by atoms with Crippen molar-refractivity contribution < 1.29 is 9.90 Å². The summed E-state index contributed by atoms with van der Waals surface area (Å²) in [5.74, 6) is 3.13. The van der Waals surface area contributed by atoms with Gasteiger partial charge < -0.3 is 10.4 Å². The number of benzene rings is 1. The second kappa shape index (κ2) is 23.6. The minimum atomic E-state index is 0.129. The summed E-state index contributed by atoms with van der Waals surface area (Å²) in [7, 11) is 0. The van der Waals surface area contributed by atoms with Crippen LogP contribution < -0.4 is 5.32 Å². The summed E-state index contributed by atoms with van der Waals surface area (Å²) in [6.07, 6.45) is 24.5. The number of rotatable bonds is 24. The molecule has 0 aromatic heterocycles. The van der Waals surface area contributed by atoms with E-state index in [1.165, 1.54) is 114 Å². The van der Waals surface area contributed by atoms with E-state index >= 15 is 0 Å². The molecule has 1 rings (SSSR count). The number of aromatic hydroxyl groups is 1. The molecule has 0 aliphatic heterocycles. The van der Waals surface area contributed by atoms with Crippen molar-refractivity contribution in [3.63, 3.8) is 0 Å². The van der Waals surface area contributed by atoms with E-state index in [4.69, 9.17) is 0 Å². The molecule has 0 aliphatic carbocycles. The topological polar surface area (TPSA) is 49.3 Å². The molecule has 1 aromatic rings. The molecule has 2 N–H and O–H groups in total. The summed E-state index contributed by atoms with van der Waals surface area (Å²) < 4.78 is 0. The van der Waals surface area contributed by atoms with E-state index in [1.807, 2.05) is 12.1 Å². The Balaban J connectivity index is 1.72. The lowest BCUT2D eigenvalue weighted by Gasteiger charge is -2.06. The molecule has 0 saturated heterocycles. The molecule has 0 saturated carbocycles. The first-order valence-corrected chi connectivity index (χ1v) is 15.5. The molecule has 3 nitrogen and oxygen atoms in total. The highest BCUT2D eigenvalue weighted by atomic mass is 32.2. The molecule has 0 spiro atoms. The summed E-state index contributed by atoms with van der Waals surface area (Å²) in [5, 5.41) is 12.3. The first-order valence-electron chi connectivity index (χ1n) is 14.3. The van der Waals surface area contributed by atoms with Gasteiger partial charge in [-0.15, -0.1) is 0 Å². The minimum absolute atomic E-state index is 0.129. The van der Waals surface area contributed by atoms with Gasteiger partial charge in [0.2, 0.25) is 5.91 Å². The lowest BCUT2D eigenvalue weighted by molar-refractivity contribution is -0.121. The van der Waals surface area contributed by atoms with Crippen LogP contribution in [0, 0.1) is 0 Å². The van der Waals surface area contributed by atoms with Crippen LogP contribution in [-0.2, 0) is 11.2 Å². The Bertz CT molecular complexity index is 576. The van der Waals surface area contributed by atoms with Crippen molar-refractivity contribution in [3.05, 3.63) is 29.8 Å². The van der Waals surface area contributed by atoms with E-state index in [0.717, 1.165) is 24.9 Å². The van der Waals surface area contributed by atoms with Gasteiger partial charge in [-0.1, -0.05) is 109 Å². The van der Waals surface area contributed by atoms with Crippen LogP contribution in [0.1, 0.15) is 128 Å². The monoisotopic (exact) mass is 491 g/mol. The van der Waals surface area contributed by atoms with E-state index in [2.05, 4.69) is 24.0 Å². The van der Waals surface area contributed by atoms with E-state index in [-0.39, 0.29) is 11.7 Å². The number of aryl methyl sites for hydroxylation is 1. The van der Waals surface area contributed by atoms with Crippen molar-refractivity contribution in [1.82, 2.24) is 5.32 Å². The number of nitrogens with one attached hydrogen (secondary N) is 1. The predicted molar refractivity (Wildman–Crippen MR) is 151 cm³/mol. The highest BCUT2D eigenvalue weighted by molar-refractivity contribution is 7.99. The quantitative estimate of drug-likeness (QED) is 0.142. The first kappa shape index (κ1) is 30.9. The Morgan fingerprint density at radius 2 is 1.18 bits per heavy atom. The van der Waals surface area contributed by atoms with Crippen molar-refractivity contribution in [2.24, 2.45) is 0 Å². The van der Waals surface area contributed by atoms with Crippen LogP contribution in [0.2, 0.25) is 0 Å². The SMILES string of the molecule is CCCCCCCCCCSCCCCCCCCCCCNC(=O)CCc1ccc(O)cc1. The van der Waals surface area contributed by atoms with Gasteiger partial charge in [-0.3, -0.25) is 4.79 Å². The Hall–Kier alpha value is -1.16. The summed E-state index contributed by atoms with van der Waals surface area (Å²) in [6, 6.07) is 7.10. The van der Waals surface area contributed by atoms with Crippen molar-refractivity contribution in [3.8, 4) is 5.75 Å². The van der Waals surface area contributed by atoms with Gasteiger partial charge in [-0.05, 0) is 54.9 Å². The second-order valence-corrected chi connectivity index (χ2v) is 11.0. The fraction of sp³-hybridized carbons (Fsp3) is 0.767. The Kier molecular flexibility index (Phi) is 21.4. The number of amides is 1. The zero-order valence-electron chi connectivity index (χ0n) is 22.1. The van der Waals surface area contributed by atoms with Gasteiger partial charge in [-0.2, -0.15) is 11.8 Å². The summed E-state index contributed by atoms with van der Waals surface area (Å²) in [6.45, 7) is 3.08. The predicted octanol–water partition coefficient (Wildman–Crippen LogP) is 8.83. The summed E-state index contributed by atoms with van der Waals surface area (Å²) in [5.41, 5.74) is 1.09. The van der Waals surface area contributed by atoms with Crippen molar-refractivity contribution >= 4 is 17.7 Å². The maximum atomic E-state index is 11.9. The first-order chi connectivity index (χ1) is 16.7. The molecule has 0 bridgehead atoms. The third-order valence-electron chi connectivity index (χ3n) is 6.51. The lowest BCUT2D eigenvalue weighted by atomic mass is 10.1. The standard InChI is InChI=1S/C30H53NO2S/c1-2-3-4-5-6-11-14-17-26-34-27-18-15-12-9-7-8-10-13-16-25-31-30(33)24-21-28-19-22-29(32)23-20-28/h19-20,22-23,32H,2-18,21,24-27H2,1H3,(H,31,33). The maximum Gasteiger partial charge on any atom is 0.220 e. The minimum Gasteiger partial charge on any atom is -0.508 e. The van der Waals surface area contributed by atoms with Crippen LogP contribution in [0.15, 0.2) is 24.3 Å². The number of hydrogen-bond acceptors (Lipinski definition) is 3. The molecule has 0 aliphatic rings. The molecule has 0 unspecified atom stereocenters. The van der Waals surface area contributed by atoms with Crippen LogP contribution in [-0.4, -0.2) is 29.1 Å². The maximum absolute atomic E-state index is 11.9. The molecule has 0 radical (unpaired) electrons. The average molecular weight is 492 g/mol. The number of hydrogen-bond donors (Lipinski definition) is 2. The fourth-order valence-electron chi connectivity index (χ4n) is 4.24. The Morgan fingerprint density at radius 1 is 0.706 bits per heavy atom. The Morgan fingerprint density at radius 3 is 1.71 bits per heavy atom. The van der Waals surface area contributed by atoms with Gasteiger partial charge in [0.05, 0.1) is 0 Å². The zero-order valence-corrected chi connectivity index (χ0v) is 22.9. The molecule has 1 aromatic carbocycles. The van der Waals surface area contributed by atoms with E-state index in [0.29, 0.717) is 6.42 Å². The number of phenols is 1. The summed E-state index contributed by atoms with van der Waals surface area (Å²) >= 11 is 2.17. The van der Waals surface area contributed by atoms with Gasteiger partial charge in [0, 0.05) is 13.0 Å². The second-order valence-electron chi connectivity index (χ2n) is 9.79. The molecule has 0 fully saturated rings. The van der Waals surface area contributed by atoms with Gasteiger partial charge in [0.15, 0.2) is 0 Å². The zero-order chi connectivity index (χ0) is 24.5. The normalized spacial score (nSPS) is 11.1. The highest BCUT2D eigenvalue weighted by Gasteiger charge is 2.02. The van der Waals surface area contributed by atoms with E-state index in [9.17, 15) is 9.90 Å². The van der Waals surface area contributed by atoms with Crippen molar-refractivity contribution in [2.45, 2.75) is 129 Å². The van der Waals surface area contributed by atoms with Crippen LogP contribution in [0.25, 0.3) is 0 Å². The number of carbonyl (C=O) groups excluding carboxylic acids is 1. The third kappa shape index (κ3) is 20.2. The molecule has 0 atom stereocenters. The highest BCUT2D eigenvalue weighted by Crippen LogP contribution is 2.15. The molecule has 196 valence electrons. The number of thioether (sulfide) groups is 1. The Labute approximate surface area is 215 Å². The molecule has 1 amide bonds. The van der Waals surface area contributed by atoms with Gasteiger partial charge in [-0.25, -0.2) is 0 Å². The van der Waals surface area contributed by atoms with Crippen LogP contribution in [0.5, 0.6) is 5.75 Å². The molecule has 4 heteroatoms. The van der Waals surface area contributed by atoms with Crippen LogP contribution in [0.4, 0.5) is 0 Å². The lowest BCUT2D eigenvalue weighted by Crippen LogP contribution is -2.24. The van der Waals surface area contributed by atoms with Crippen molar-refractivity contribution in [2.75, 3.05) is 18.1 Å². The van der Waals surface area contributed by atoms with Gasteiger partial charge in [0.25, 0.3) is 0 Å². The molecular formula is C30H53NO2S. The summed E-state index contributed by atoms with van der Waals surface area (Å²) in [4.78, 5) is 11.9. The largest absolute Gasteiger partial charge is 0.508 e. The van der Waals surface area contributed by atoms with Crippen molar-refractivity contribution in [1.29, 1.82) is 0 Å². The van der Waals surface area contributed by atoms with E-state index < -0.39 is 0 Å². The van der Waals surface area contributed by atoms with E-state index in [1.54, 1.807) is 12.1 Å².